The third-order valence-corrected chi connectivity index (χ3v) is 5.91. The van der Waals surface area contributed by atoms with Crippen LogP contribution in [0.4, 0.5) is 4.79 Å². The van der Waals surface area contributed by atoms with Crippen LogP contribution in [0.15, 0.2) is 48.7 Å². The van der Waals surface area contributed by atoms with E-state index < -0.39 is 0 Å². The maximum absolute atomic E-state index is 13.0. The fourth-order valence-electron chi connectivity index (χ4n) is 4.15. The van der Waals surface area contributed by atoms with Crippen LogP contribution in [-0.4, -0.2) is 45.7 Å². The second kappa shape index (κ2) is 8.73. The molecular formula is C23H29N5O2. The van der Waals surface area contributed by atoms with Gasteiger partial charge in [-0.15, -0.1) is 10.2 Å². The van der Waals surface area contributed by atoms with Gasteiger partial charge in [0.05, 0.1) is 13.2 Å². The summed E-state index contributed by atoms with van der Waals surface area (Å²) in [6.07, 6.45) is 3.78. The predicted octanol–water partition coefficient (Wildman–Crippen LogP) is 4.02. The number of aromatic nitrogens is 3. The van der Waals surface area contributed by atoms with E-state index in [0.717, 1.165) is 35.6 Å². The molecule has 1 aliphatic rings. The van der Waals surface area contributed by atoms with E-state index in [9.17, 15) is 4.79 Å². The van der Waals surface area contributed by atoms with E-state index in [1.807, 2.05) is 53.6 Å². The van der Waals surface area contributed by atoms with Crippen molar-refractivity contribution in [1.82, 2.24) is 24.8 Å². The van der Waals surface area contributed by atoms with Gasteiger partial charge in [-0.2, -0.15) is 0 Å². The lowest BCUT2D eigenvalue weighted by Gasteiger charge is -2.33. The number of pyridine rings is 1. The van der Waals surface area contributed by atoms with Gasteiger partial charge in [-0.25, -0.2) is 4.79 Å². The molecule has 30 heavy (non-hydrogen) atoms. The highest BCUT2D eigenvalue weighted by atomic mass is 16.5. The number of urea groups is 1. The molecule has 0 bridgehead atoms. The zero-order valence-corrected chi connectivity index (χ0v) is 17.8. The molecule has 1 fully saturated rings. The van der Waals surface area contributed by atoms with Crippen molar-refractivity contribution < 1.29 is 9.53 Å². The Labute approximate surface area is 177 Å². The third kappa shape index (κ3) is 4.10. The molecule has 0 spiro atoms. The molecule has 2 aromatic heterocycles. The Morgan fingerprint density at radius 3 is 2.50 bits per heavy atom. The first kappa shape index (κ1) is 20.2. The molecule has 0 saturated carbocycles. The van der Waals surface area contributed by atoms with Crippen LogP contribution < -0.4 is 10.1 Å². The van der Waals surface area contributed by atoms with Gasteiger partial charge in [0.15, 0.2) is 5.65 Å². The summed E-state index contributed by atoms with van der Waals surface area (Å²) in [4.78, 5) is 14.9. The molecule has 1 aliphatic heterocycles. The third-order valence-electron chi connectivity index (χ3n) is 5.91. The van der Waals surface area contributed by atoms with E-state index in [-0.39, 0.29) is 18.0 Å². The van der Waals surface area contributed by atoms with Crippen LogP contribution in [0.1, 0.15) is 50.0 Å². The Hall–Kier alpha value is -3.09. The molecule has 1 saturated heterocycles. The lowest BCUT2D eigenvalue weighted by molar-refractivity contribution is 0.173. The van der Waals surface area contributed by atoms with E-state index in [1.54, 1.807) is 7.11 Å². The zero-order valence-electron chi connectivity index (χ0n) is 17.8. The maximum Gasteiger partial charge on any atom is 0.317 e. The fourth-order valence-corrected chi connectivity index (χ4v) is 4.15. The Bertz CT molecular complexity index is 990. The van der Waals surface area contributed by atoms with E-state index in [2.05, 4.69) is 33.8 Å². The average Bonchev–Trinajstić information content (AvgIpc) is 3.21. The molecule has 4 rings (SSSR count). The summed E-state index contributed by atoms with van der Waals surface area (Å²) in [5.74, 6) is 2.40. The number of likely N-dealkylation sites (tertiary alicyclic amines) is 1. The van der Waals surface area contributed by atoms with Crippen LogP contribution in [0.2, 0.25) is 0 Å². The minimum Gasteiger partial charge on any atom is -0.497 e. The van der Waals surface area contributed by atoms with Gasteiger partial charge in [-0.3, -0.25) is 4.40 Å². The number of carbonyl (C=O) groups excluding carboxylic acids is 1. The number of benzene rings is 1. The molecular weight excluding hydrogens is 378 g/mol. The van der Waals surface area contributed by atoms with Gasteiger partial charge in [0.1, 0.15) is 11.6 Å². The summed E-state index contributed by atoms with van der Waals surface area (Å²) in [6.45, 7) is 5.67. The maximum atomic E-state index is 13.0. The molecule has 1 aromatic carbocycles. The summed E-state index contributed by atoms with van der Waals surface area (Å²) >= 11 is 0. The van der Waals surface area contributed by atoms with Gasteiger partial charge in [-0.05, 0) is 48.6 Å². The van der Waals surface area contributed by atoms with Crippen molar-refractivity contribution in [2.45, 2.75) is 38.6 Å². The Kier molecular flexibility index (Phi) is 5.88. The number of fused-ring (bicyclic) bond motifs is 1. The van der Waals surface area contributed by atoms with Crippen molar-refractivity contribution in [3.8, 4) is 5.75 Å². The van der Waals surface area contributed by atoms with Crippen molar-refractivity contribution in [3.63, 3.8) is 0 Å². The van der Waals surface area contributed by atoms with Gasteiger partial charge in [0.25, 0.3) is 0 Å². The Morgan fingerprint density at radius 2 is 1.83 bits per heavy atom. The predicted molar refractivity (Wildman–Crippen MR) is 116 cm³/mol. The summed E-state index contributed by atoms with van der Waals surface area (Å²) < 4.78 is 7.30. The average molecular weight is 408 g/mol. The Morgan fingerprint density at radius 1 is 1.10 bits per heavy atom. The number of nitrogens with zero attached hydrogens (tertiary/aromatic N) is 4. The zero-order chi connectivity index (χ0) is 21.1. The van der Waals surface area contributed by atoms with E-state index >= 15 is 0 Å². The highest BCUT2D eigenvalue weighted by Crippen LogP contribution is 2.28. The van der Waals surface area contributed by atoms with Crippen LogP contribution in [0, 0.1) is 5.92 Å². The standard InChI is InChI=1S/C23H29N5O2/c1-16(2)21(17-7-9-19(30-3)10-8-17)24-23(29)27-14-11-18(12-15-27)22-26-25-20-6-4-5-13-28(20)22/h4-10,13,16,18,21H,11-12,14-15H2,1-3H3,(H,24,29)/t21-/m1/s1. The van der Waals surface area contributed by atoms with Crippen LogP contribution in [0.5, 0.6) is 5.75 Å². The molecule has 3 aromatic rings. The van der Waals surface area contributed by atoms with Gasteiger partial charge < -0.3 is 15.0 Å². The quantitative estimate of drug-likeness (QED) is 0.693. The molecule has 1 atom stereocenters. The van der Waals surface area contributed by atoms with Crippen LogP contribution >= 0.6 is 0 Å². The number of hydrogen-bond acceptors (Lipinski definition) is 4. The number of ether oxygens (including phenoxy) is 1. The summed E-state index contributed by atoms with van der Waals surface area (Å²) in [7, 11) is 1.66. The highest BCUT2D eigenvalue weighted by molar-refractivity contribution is 5.75. The second-order valence-corrected chi connectivity index (χ2v) is 8.19. The van der Waals surface area contributed by atoms with Gasteiger partial charge >= 0.3 is 6.03 Å². The largest absolute Gasteiger partial charge is 0.497 e. The first-order valence-electron chi connectivity index (χ1n) is 10.6. The van der Waals surface area contributed by atoms with E-state index in [0.29, 0.717) is 19.0 Å². The van der Waals surface area contributed by atoms with Crippen molar-refractivity contribution >= 4 is 11.7 Å². The molecule has 0 unspecified atom stereocenters. The Balaban J connectivity index is 1.39. The van der Waals surface area contributed by atoms with Crippen molar-refractivity contribution in [2.24, 2.45) is 5.92 Å². The smallest absolute Gasteiger partial charge is 0.317 e. The number of nitrogens with one attached hydrogen (secondary N) is 1. The van der Waals surface area contributed by atoms with Crippen LogP contribution in [-0.2, 0) is 0 Å². The molecule has 0 aliphatic carbocycles. The van der Waals surface area contributed by atoms with Gasteiger partial charge in [-0.1, -0.05) is 32.0 Å². The van der Waals surface area contributed by atoms with E-state index in [1.165, 1.54) is 0 Å². The molecule has 0 radical (unpaired) electrons. The van der Waals surface area contributed by atoms with Crippen molar-refractivity contribution in [2.75, 3.05) is 20.2 Å². The minimum atomic E-state index is -0.0402. The second-order valence-electron chi connectivity index (χ2n) is 8.19. The van der Waals surface area contributed by atoms with Crippen LogP contribution in [0.25, 0.3) is 5.65 Å². The van der Waals surface area contributed by atoms with Crippen LogP contribution in [0.3, 0.4) is 0 Å². The molecule has 7 heteroatoms. The summed E-state index contributed by atoms with van der Waals surface area (Å²) in [5, 5.41) is 11.9. The number of carbonyl (C=O) groups is 1. The molecule has 1 N–H and O–H groups in total. The number of methoxy groups -OCH3 is 1. The molecule has 3 heterocycles. The number of amides is 2. The number of rotatable bonds is 5. The monoisotopic (exact) mass is 407 g/mol. The summed E-state index contributed by atoms with van der Waals surface area (Å²) in [5.41, 5.74) is 1.95. The molecule has 7 nitrogen and oxygen atoms in total. The summed E-state index contributed by atoms with van der Waals surface area (Å²) in [6, 6.07) is 13.8. The first-order valence-corrected chi connectivity index (χ1v) is 10.6. The minimum absolute atomic E-state index is 0.00549. The lowest BCUT2D eigenvalue weighted by atomic mass is 9.95. The normalized spacial score (nSPS) is 16.1. The van der Waals surface area contributed by atoms with Gasteiger partial charge in [0, 0.05) is 25.2 Å². The topological polar surface area (TPSA) is 71.8 Å². The van der Waals surface area contributed by atoms with Crippen molar-refractivity contribution in [1.29, 1.82) is 0 Å². The molecule has 158 valence electrons. The number of piperidine rings is 1. The lowest BCUT2D eigenvalue weighted by Crippen LogP contribution is -2.46. The molecule has 2 amide bonds. The first-order chi connectivity index (χ1) is 14.6. The highest BCUT2D eigenvalue weighted by Gasteiger charge is 2.28. The fraction of sp³-hybridized carbons (Fsp3) is 0.435. The number of hydrogen-bond donors (Lipinski definition) is 1. The van der Waals surface area contributed by atoms with Gasteiger partial charge in [0.2, 0.25) is 0 Å². The van der Waals surface area contributed by atoms with E-state index in [4.69, 9.17) is 4.74 Å². The van der Waals surface area contributed by atoms with Crippen molar-refractivity contribution in [3.05, 3.63) is 60.0 Å². The SMILES string of the molecule is COc1ccc([C@H](NC(=O)N2CCC(c3nnc4ccccn34)CC2)C(C)C)cc1.